The third-order valence-corrected chi connectivity index (χ3v) is 4.84. The summed E-state index contributed by atoms with van der Waals surface area (Å²) in [5, 5.41) is 2.58. The molecule has 0 saturated carbocycles. The number of benzene rings is 2. The van der Waals surface area contributed by atoms with Crippen molar-refractivity contribution in [2.75, 3.05) is 18.6 Å². The van der Waals surface area contributed by atoms with Crippen LogP contribution in [0.2, 0.25) is 0 Å². The standard InChI is InChI=1S/C21H17BrN2O4S/c1-3-10-28-18-9-4-14(22)11-13(18)12-17-19(25)23-21(29)24(20(17)26)15-5-7-16(27-2)8-6-15/h3-9,11-12H,1,10H2,2H3,(H,23,25,29)/b17-12+. The van der Waals surface area contributed by atoms with Crippen LogP contribution in [0.4, 0.5) is 5.69 Å². The first-order chi connectivity index (χ1) is 13.9. The number of ether oxygens (including phenoxy) is 2. The van der Waals surface area contributed by atoms with Crippen LogP contribution >= 0.6 is 28.1 Å². The molecule has 3 rings (SSSR count). The number of anilines is 1. The number of carbonyl (C=O) groups excluding carboxylic acids is 2. The highest BCUT2D eigenvalue weighted by Gasteiger charge is 2.34. The van der Waals surface area contributed by atoms with Crippen LogP contribution in [-0.4, -0.2) is 30.6 Å². The molecule has 1 fully saturated rings. The zero-order valence-corrected chi connectivity index (χ0v) is 17.9. The van der Waals surface area contributed by atoms with Crippen molar-refractivity contribution in [2.24, 2.45) is 0 Å². The van der Waals surface area contributed by atoms with Gasteiger partial charge in [0, 0.05) is 10.0 Å². The normalized spacial score (nSPS) is 15.3. The zero-order valence-electron chi connectivity index (χ0n) is 15.5. The number of nitrogens with one attached hydrogen (secondary N) is 1. The monoisotopic (exact) mass is 472 g/mol. The molecule has 0 atom stereocenters. The maximum Gasteiger partial charge on any atom is 0.270 e. The van der Waals surface area contributed by atoms with Crippen molar-refractivity contribution in [3.05, 3.63) is 70.7 Å². The maximum atomic E-state index is 13.1. The van der Waals surface area contributed by atoms with Gasteiger partial charge in [0.15, 0.2) is 5.11 Å². The molecule has 1 saturated heterocycles. The second-order valence-corrected chi connectivity index (χ2v) is 7.24. The van der Waals surface area contributed by atoms with Gasteiger partial charge in [-0.15, -0.1) is 0 Å². The van der Waals surface area contributed by atoms with Gasteiger partial charge < -0.3 is 9.47 Å². The first kappa shape index (κ1) is 20.8. The Morgan fingerprint density at radius 2 is 1.93 bits per heavy atom. The number of halogens is 1. The Balaban J connectivity index is 2.01. The van der Waals surface area contributed by atoms with Crippen molar-refractivity contribution in [3.8, 4) is 11.5 Å². The van der Waals surface area contributed by atoms with Gasteiger partial charge in [0.2, 0.25) is 0 Å². The first-order valence-electron chi connectivity index (χ1n) is 8.53. The van der Waals surface area contributed by atoms with Crippen LogP contribution in [0.5, 0.6) is 11.5 Å². The van der Waals surface area contributed by atoms with E-state index in [1.165, 1.54) is 11.0 Å². The number of thiocarbonyl (C=S) groups is 1. The Kier molecular flexibility index (Phi) is 6.46. The second kappa shape index (κ2) is 9.02. The molecule has 2 aromatic carbocycles. The van der Waals surface area contributed by atoms with Crippen molar-refractivity contribution in [3.63, 3.8) is 0 Å². The predicted molar refractivity (Wildman–Crippen MR) is 119 cm³/mol. The average molecular weight is 473 g/mol. The smallest absolute Gasteiger partial charge is 0.270 e. The number of nitrogens with zero attached hydrogens (tertiary/aromatic N) is 1. The van der Waals surface area contributed by atoms with Crippen LogP contribution in [0.3, 0.4) is 0 Å². The van der Waals surface area contributed by atoms with Crippen molar-refractivity contribution in [1.82, 2.24) is 5.32 Å². The van der Waals surface area contributed by atoms with Gasteiger partial charge in [-0.25, -0.2) is 0 Å². The molecule has 1 heterocycles. The lowest BCUT2D eigenvalue weighted by Crippen LogP contribution is -2.54. The number of hydrogen-bond donors (Lipinski definition) is 1. The fourth-order valence-corrected chi connectivity index (χ4v) is 3.35. The Labute approximate surface area is 181 Å². The summed E-state index contributed by atoms with van der Waals surface area (Å²) >= 11 is 8.62. The molecule has 1 aliphatic rings. The van der Waals surface area contributed by atoms with E-state index < -0.39 is 11.8 Å². The average Bonchev–Trinajstić information content (AvgIpc) is 2.71. The van der Waals surface area contributed by atoms with Crippen molar-refractivity contribution >= 4 is 56.8 Å². The van der Waals surface area contributed by atoms with E-state index in [1.54, 1.807) is 49.6 Å². The van der Waals surface area contributed by atoms with Gasteiger partial charge in [-0.05, 0) is 60.8 Å². The van der Waals surface area contributed by atoms with Gasteiger partial charge in [-0.1, -0.05) is 28.6 Å². The molecule has 0 spiro atoms. The molecule has 0 aromatic heterocycles. The highest BCUT2D eigenvalue weighted by Crippen LogP contribution is 2.28. The molecule has 148 valence electrons. The molecular weight excluding hydrogens is 456 g/mol. The van der Waals surface area contributed by atoms with Crippen LogP contribution in [0.25, 0.3) is 6.08 Å². The predicted octanol–water partition coefficient (Wildman–Crippen LogP) is 3.85. The lowest BCUT2D eigenvalue weighted by molar-refractivity contribution is -0.122. The Morgan fingerprint density at radius 1 is 1.21 bits per heavy atom. The molecule has 1 N–H and O–H groups in total. The molecule has 8 heteroatoms. The third kappa shape index (κ3) is 4.55. The van der Waals surface area contributed by atoms with Crippen LogP contribution in [-0.2, 0) is 9.59 Å². The molecule has 0 aliphatic carbocycles. The molecule has 1 aliphatic heterocycles. The quantitative estimate of drug-likeness (QED) is 0.299. The van der Waals surface area contributed by atoms with Crippen LogP contribution < -0.4 is 19.7 Å². The van der Waals surface area contributed by atoms with E-state index in [2.05, 4.69) is 27.8 Å². The van der Waals surface area contributed by atoms with E-state index >= 15 is 0 Å². The minimum atomic E-state index is -0.570. The molecule has 0 radical (unpaired) electrons. The fraction of sp³-hybridized carbons (Fsp3) is 0.0952. The van der Waals surface area contributed by atoms with Crippen LogP contribution in [0.15, 0.2) is 65.2 Å². The third-order valence-electron chi connectivity index (χ3n) is 4.06. The number of rotatable bonds is 6. The molecular formula is C21H17BrN2O4S. The summed E-state index contributed by atoms with van der Waals surface area (Å²) in [6.07, 6.45) is 3.10. The minimum Gasteiger partial charge on any atom is -0.497 e. The molecule has 2 aromatic rings. The molecule has 2 amide bonds. The largest absolute Gasteiger partial charge is 0.497 e. The van der Waals surface area contributed by atoms with E-state index in [9.17, 15) is 9.59 Å². The molecule has 6 nitrogen and oxygen atoms in total. The fourth-order valence-electron chi connectivity index (χ4n) is 2.69. The molecule has 29 heavy (non-hydrogen) atoms. The topological polar surface area (TPSA) is 67.9 Å². The Hall–Kier alpha value is -2.97. The van der Waals surface area contributed by atoms with Gasteiger partial charge in [0.25, 0.3) is 11.8 Å². The molecule has 0 unspecified atom stereocenters. The van der Waals surface area contributed by atoms with E-state index in [0.29, 0.717) is 29.4 Å². The Morgan fingerprint density at radius 3 is 2.59 bits per heavy atom. The van der Waals surface area contributed by atoms with E-state index in [1.807, 2.05) is 6.07 Å². The maximum absolute atomic E-state index is 13.1. The summed E-state index contributed by atoms with van der Waals surface area (Å²) in [5.41, 5.74) is 1.03. The van der Waals surface area contributed by atoms with Crippen LogP contribution in [0.1, 0.15) is 5.56 Å². The van der Waals surface area contributed by atoms with E-state index in [0.717, 1.165) is 4.47 Å². The van der Waals surface area contributed by atoms with Gasteiger partial charge >= 0.3 is 0 Å². The molecule has 0 bridgehead atoms. The summed E-state index contributed by atoms with van der Waals surface area (Å²) in [5.74, 6) is 0.0605. The highest BCUT2D eigenvalue weighted by atomic mass is 79.9. The lowest BCUT2D eigenvalue weighted by atomic mass is 10.1. The zero-order chi connectivity index (χ0) is 21.0. The second-order valence-electron chi connectivity index (χ2n) is 5.94. The van der Waals surface area contributed by atoms with Gasteiger partial charge in [-0.2, -0.15) is 0 Å². The number of amides is 2. The van der Waals surface area contributed by atoms with Gasteiger partial charge in [0.1, 0.15) is 23.7 Å². The highest BCUT2D eigenvalue weighted by molar-refractivity contribution is 9.10. The number of carbonyl (C=O) groups is 2. The van der Waals surface area contributed by atoms with E-state index in [-0.39, 0.29) is 10.7 Å². The summed E-state index contributed by atoms with van der Waals surface area (Å²) in [4.78, 5) is 26.9. The first-order valence-corrected chi connectivity index (χ1v) is 9.73. The Bertz CT molecular complexity index is 1020. The van der Waals surface area contributed by atoms with Gasteiger partial charge in [-0.3, -0.25) is 19.8 Å². The number of hydrogen-bond acceptors (Lipinski definition) is 5. The SMILES string of the molecule is C=CCOc1ccc(Br)cc1/C=C1\C(=O)NC(=S)N(c2ccc(OC)cc2)C1=O. The minimum absolute atomic E-state index is 0.0136. The van der Waals surface area contributed by atoms with E-state index in [4.69, 9.17) is 21.7 Å². The summed E-state index contributed by atoms with van der Waals surface area (Å²) in [6, 6.07) is 12.1. The summed E-state index contributed by atoms with van der Waals surface area (Å²) in [6.45, 7) is 3.92. The van der Waals surface area contributed by atoms with Crippen LogP contribution in [0, 0.1) is 0 Å². The summed E-state index contributed by atoms with van der Waals surface area (Å²) < 4.78 is 11.6. The number of methoxy groups -OCH3 is 1. The lowest BCUT2D eigenvalue weighted by Gasteiger charge is -2.29. The van der Waals surface area contributed by atoms with Crippen molar-refractivity contribution in [2.45, 2.75) is 0 Å². The van der Waals surface area contributed by atoms with Crippen molar-refractivity contribution < 1.29 is 19.1 Å². The summed E-state index contributed by atoms with van der Waals surface area (Å²) in [7, 11) is 1.55. The van der Waals surface area contributed by atoms with Gasteiger partial charge in [0.05, 0.1) is 12.8 Å². The van der Waals surface area contributed by atoms with Crippen molar-refractivity contribution in [1.29, 1.82) is 0 Å².